The molecule has 0 radical (unpaired) electrons. The molecule has 0 unspecified atom stereocenters. The Kier molecular flexibility index (Phi) is 6.21. The van der Waals surface area contributed by atoms with Crippen LogP contribution in [0.1, 0.15) is 48.6 Å². The van der Waals surface area contributed by atoms with Gasteiger partial charge in [-0.05, 0) is 83.7 Å². The molecule has 0 atom stereocenters. The second-order valence-corrected chi connectivity index (χ2v) is 10.4. The van der Waals surface area contributed by atoms with Crippen LogP contribution in [0.15, 0.2) is 48.5 Å². The van der Waals surface area contributed by atoms with Crippen molar-refractivity contribution >= 4 is 7.82 Å². The SMILES string of the molecule is Cc1cccc(C)c1-c1c(OP(=O)(O)O)ccc(C(C)(C)C)c1-c1c(C)cccc1C. The maximum Gasteiger partial charge on any atom is 0.524 e. The zero-order valence-corrected chi connectivity index (χ0v) is 20.2. The summed E-state index contributed by atoms with van der Waals surface area (Å²) < 4.78 is 17.2. The minimum Gasteiger partial charge on any atom is -0.404 e. The average molecular weight is 439 g/mol. The maximum atomic E-state index is 11.9. The van der Waals surface area contributed by atoms with Gasteiger partial charge < -0.3 is 4.52 Å². The number of hydrogen-bond donors (Lipinski definition) is 2. The molecule has 0 saturated heterocycles. The molecule has 0 aliphatic rings. The second-order valence-electron chi connectivity index (χ2n) is 9.23. The molecule has 5 heteroatoms. The monoisotopic (exact) mass is 438 g/mol. The number of rotatable bonds is 4. The minimum absolute atomic E-state index is 0.191. The normalized spacial score (nSPS) is 12.2. The van der Waals surface area contributed by atoms with Gasteiger partial charge in [-0.3, -0.25) is 9.79 Å². The van der Waals surface area contributed by atoms with Crippen LogP contribution in [-0.4, -0.2) is 9.79 Å². The second kappa shape index (κ2) is 8.27. The van der Waals surface area contributed by atoms with Crippen molar-refractivity contribution in [3.63, 3.8) is 0 Å². The maximum absolute atomic E-state index is 11.9. The van der Waals surface area contributed by atoms with Gasteiger partial charge in [0, 0.05) is 5.56 Å². The molecule has 3 aromatic rings. The highest BCUT2D eigenvalue weighted by Gasteiger charge is 2.29. The van der Waals surface area contributed by atoms with Gasteiger partial charge in [0.15, 0.2) is 0 Å². The lowest BCUT2D eigenvalue weighted by molar-refractivity contribution is 0.283. The smallest absolute Gasteiger partial charge is 0.404 e. The molecule has 0 spiro atoms. The Morgan fingerprint density at radius 3 is 1.48 bits per heavy atom. The average Bonchev–Trinajstić information content (AvgIpc) is 2.60. The standard InChI is InChI=1S/C26H31O4P/c1-16-10-8-11-17(2)22(16)24-20(26(5,6)7)14-15-21(30-31(27,28)29)25(24)23-18(3)12-9-13-19(23)4/h8-15H,1-7H3,(H2,27,28,29). The third kappa shape index (κ3) is 4.77. The van der Waals surface area contributed by atoms with Crippen molar-refractivity contribution in [2.45, 2.75) is 53.9 Å². The largest absolute Gasteiger partial charge is 0.524 e. The van der Waals surface area contributed by atoms with Gasteiger partial charge in [0.25, 0.3) is 0 Å². The summed E-state index contributed by atoms with van der Waals surface area (Å²) in [6, 6.07) is 15.8. The Labute approximate surface area is 185 Å². The number of phosphoric ester groups is 1. The molecule has 2 N–H and O–H groups in total. The van der Waals surface area contributed by atoms with Crippen molar-refractivity contribution in [2.24, 2.45) is 0 Å². The summed E-state index contributed by atoms with van der Waals surface area (Å²) in [5.41, 5.74) is 8.85. The summed E-state index contributed by atoms with van der Waals surface area (Å²) in [5, 5.41) is 0. The Balaban J connectivity index is 2.60. The van der Waals surface area contributed by atoms with Gasteiger partial charge >= 0.3 is 7.82 Å². The minimum atomic E-state index is -4.76. The van der Waals surface area contributed by atoms with E-state index in [1.807, 2.05) is 44.2 Å². The molecule has 164 valence electrons. The number of aryl methyl sites for hydroxylation is 4. The zero-order valence-electron chi connectivity index (χ0n) is 19.3. The van der Waals surface area contributed by atoms with E-state index >= 15 is 0 Å². The van der Waals surface area contributed by atoms with Gasteiger partial charge in [-0.1, -0.05) is 63.2 Å². The van der Waals surface area contributed by atoms with Crippen LogP contribution in [-0.2, 0) is 9.98 Å². The van der Waals surface area contributed by atoms with Crippen LogP contribution in [0.5, 0.6) is 5.75 Å². The molecule has 0 fully saturated rings. The third-order valence-electron chi connectivity index (χ3n) is 5.65. The van der Waals surface area contributed by atoms with Crippen molar-refractivity contribution in [3.05, 3.63) is 76.3 Å². The number of hydrogen-bond acceptors (Lipinski definition) is 2. The van der Waals surface area contributed by atoms with Gasteiger partial charge in [0.2, 0.25) is 0 Å². The van der Waals surface area contributed by atoms with Gasteiger partial charge in [-0.2, -0.15) is 0 Å². The lowest BCUT2D eigenvalue weighted by Crippen LogP contribution is -2.15. The van der Waals surface area contributed by atoms with Crippen molar-refractivity contribution in [2.75, 3.05) is 0 Å². The van der Waals surface area contributed by atoms with Gasteiger partial charge in [0.05, 0.1) is 0 Å². The van der Waals surface area contributed by atoms with E-state index in [2.05, 4.69) is 46.8 Å². The Morgan fingerprint density at radius 2 is 1.10 bits per heavy atom. The zero-order chi connectivity index (χ0) is 23.1. The molecule has 31 heavy (non-hydrogen) atoms. The van der Waals surface area contributed by atoms with Crippen LogP contribution >= 0.6 is 7.82 Å². The Hall–Kier alpha value is -2.39. The highest BCUT2D eigenvalue weighted by atomic mass is 31.2. The van der Waals surface area contributed by atoms with E-state index in [9.17, 15) is 14.4 Å². The van der Waals surface area contributed by atoms with E-state index in [1.54, 1.807) is 6.07 Å². The van der Waals surface area contributed by atoms with E-state index in [0.29, 0.717) is 0 Å². The summed E-state index contributed by atoms with van der Waals surface area (Å²) in [6.45, 7) is 14.6. The van der Waals surface area contributed by atoms with Crippen molar-refractivity contribution in [3.8, 4) is 28.0 Å². The first-order chi connectivity index (χ1) is 14.3. The number of phosphoric acid groups is 1. The molecule has 0 aliphatic heterocycles. The van der Waals surface area contributed by atoms with E-state index < -0.39 is 7.82 Å². The van der Waals surface area contributed by atoms with Crippen LogP contribution in [0.3, 0.4) is 0 Å². The Bertz CT molecular complexity index is 1140. The van der Waals surface area contributed by atoms with Gasteiger partial charge in [-0.25, -0.2) is 4.57 Å². The topological polar surface area (TPSA) is 66.8 Å². The molecular formula is C26H31O4P. The van der Waals surface area contributed by atoms with Gasteiger partial charge in [-0.15, -0.1) is 0 Å². The summed E-state index contributed by atoms with van der Waals surface area (Å²) in [4.78, 5) is 19.3. The molecular weight excluding hydrogens is 407 g/mol. The molecule has 3 aromatic carbocycles. The van der Waals surface area contributed by atoms with Gasteiger partial charge in [0.1, 0.15) is 5.75 Å². The molecule has 0 heterocycles. The quantitative estimate of drug-likeness (QED) is 0.430. The fraction of sp³-hybridized carbons (Fsp3) is 0.308. The fourth-order valence-corrected chi connectivity index (χ4v) is 4.75. The molecule has 3 rings (SSSR count). The molecule has 4 nitrogen and oxygen atoms in total. The Morgan fingerprint density at radius 1 is 0.677 bits per heavy atom. The fourth-order valence-electron chi connectivity index (χ4n) is 4.34. The molecule has 0 aromatic heterocycles. The molecule has 0 saturated carbocycles. The predicted octanol–water partition coefficient (Wildman–Crippen LogP) is 7.02. The first-order valence-corrected chi connectivity index (χ1v) is 11.9. The molecule has 0 aliphatic carbocycles. The van der Waals surface area contributed by atoms with E-state index in [0.717, 1.165) is 50.1 Å². The van der Waals surface area contributed by atoms with E-state index in [-0.39, 0.29) is 11.2 Å². The lowest BCUT2D eigenvalue weighted by atomic mass is 9.76. The van der Waals surface area contributed by atoms with Crippen LogP contribution in [0, 0.1) is 27.7 Å². The van der Waals surface area contributed by atoms with Crippen LogP contribution < -0.4 is 4.52 Å². The first kappa shape index (κ1) is 23.3. The van der Waals surface area contributed by atoms with Crippen molar-refractivity contribution < 1.29 is 18.9 Å². The van der Waals surface area contributed by atoms with Crippen molar-refractivity contribution in [1.82, 2.24) is 0 Å². The van der Waals surface area contributed by atoms with Crippen LogP contribution in [0.25, 0.3) is 22.3 Å². The van der Waals surface area contributed by atoms with E-state index in [4.69, 9.17) is 4.52 Å². The number of benzene rings is 3. The molecule has 0 bridgehead atoms. The highest BCUT2D eigenvalue weighted by molar-refractivity contribution is 7.46. The third-order valence-corrected chi connectivity index (χ3v) is 6.09. The molecule has 0 amide bonds. The van der Waals surface area contributed by atoms with Crippen LogP contribution in [0.2, 0.25) is 0 Å². The van der Waals surface area contributed by atoms with Crippen LogP contribution in [0.4, 0.5) is 0 Å². The summed E-state index contributed by atoms with van der Waals surface area (Å²) in [7, 11) is -4.76. The predicted molar refractivity (Wildman–Crippen MR) is 128 cm³/mol. The summed E-state index contributed by atoms with van der Waals surface area (Å²) in [5.74, 6) is 0.191. The summed E-state index contributed by atoms with van der Waals surface area (Å²) >= 11 is 0. The highest BCUT2D eigenvalue weighted by Crippen LogP contribution is 2.51. The van der Waals surface area contributed by atoms with Crippen molar-refractivity contribution in [1.29, 1.82) is 0 Å². The lowest BCUT2D eigenvalue weighted by Gasteiger charge is -2.29. The van der Waals surface area contributed by atoms with E-state index in [1.165, 1.54) is 0 Å². The summed E-state index contributed by atoms with van der Waals surface area (Å²) in [6.07, 6.45) is 0. The first-order valence-electron chi connectivity index (χ1n) is 10.4.